The first-order valence-electron chi connectivity index (χ1n) is 7.88. The molecule has 1 unspecified atom stereocenters. The molecule has 1 amide bonds. The lowest BCUT2D eigenvalue weighted by molar-refractivity contribution is -0.124. The number of amides is 1. The number of rotatable bonds is 7. The van der Waals surface area contributed by atoms with Crippen molar-refractivity contribution in [1.82, 2.24) is 24.9 Å². The van der Waals surface area contributed by atoms with Crippen LogP contribution in [-0.2, 0) is 17.8 Å². The van der Waals surface area contributed by atoms with Gasteiger partial charge in [-0.2, -0.15) is 10.2 Å². The van der Waals surface area contributed by atoms with Crippen LogP contribution in [0, 0.1) is 13.8 Å². The molecule has 22 heavy (non-hydrogen) atoms. The molecule has 0 radical (unpaired) electrons. The second-order valence-electron chi connectivity index (χ2n) is 5.42. The highest BCUT2D eigenvalue weighted by atomic mass is 16.2. The summed E-state index contributed by atoms with van der Waals surface area (Å²) in [7, 11) is 0. The van der Waals surface area contributed by atoms with E-state index >= 15 is 0 Å². The Morgan fingerprint density at radius 2 is 2.14 bits per heavy atom. The van der Waals surface area contributed by atoms with Crippen LogP contribution in [0.3, 0.4) is 0 Å². The quantitative estimate of drug-likeness (QED) is 0.851. The fourth-order valence-electron chi connectivity index (χ4n) is 2.79. The van der Waals surface area contributed by atoms with Crippen LogP contribution >= 0.6 is 0 Å². The van der Waals surface area contributed by atoms with E-state index < -0.39 is 0 Å². The summed E-state index contributed by atoms with van der Waals surface area (Å²) in [6.07, 6.45) is 5.05. The van der Waals surface area contributed by atoms with Gasteiger partial charge in [0, 0.05) is 31.2 Å². The van der Waals surface area contributed by atoms with E-state index in [2.05, 4.69) is 29.4 Å². The first-order chi connectivity index (χ1) is 10.6. The van der Waals surface area contributed by atoms with E-state index in [0.29, 0.717) is 6.54 Å². The highest BCUT2D eigenvalue weighted by molar-refractivity contribution is 5.80. The Labute approximate surface area is 131 Å². The van der Waals surface area contributed by atoms with E-state index in [4.69, 9.17) is 0 Å². The van der Waals surface area contributed by atoms with Gasteiger partial charge in [-0.1, -0.05) is 6.92 Å². The number of carbonyl (C=O) groups is 1. The number of hydrogen-bond acceptors (Lipinski definition) is 3. The molecular weight excluding hydrogens is 278 g/mol. The molecule has 6 nitrogen and oxygen atoms in total. The first kappa shape index (κ1) is 16.3. The molecule has 1 atom stereocenters. The molecular formula is C16H25N5O. The fraction of sp³-hybridized carbons (Fsp3) is 0.562. The molecule has 1 N–H and O–H groups in total. The maximum atomic E-state index is 12.3. The Kier molecular flexibility index (Phi) is 5.35. The van der Waals surface area contributed by atoms with Crippen LogP contribution in [0.4, 0.5) is 0 Å². The van der Waals surface area contributed by atoms with Gasteiger partial charge >= 0.3 is 0 Å². The van der Waals surface area contributed by atoms with Gasteiger partial charge in [-0.3, -0.25) is 14.2 Å². The number of aryl methyl sites for hydroxylation is 2. The molecule has 0 saturated carbocycles. The zero-order valence-electron chi connectivity index (χ0n) is 13.8. The maximum Gasteiger partial charge on any atom is 0.244 e. The monoisotopic (exact) mass is 303 g/mol. The van der Waals surface area contributed by atoms with Crippen molar-refractivity contribution in [2.75, 3.05) is 6.54 Å². The Morgan fingerprint density at radius 1 is 1.36 bits per heavy atom. The van der Waals surface area contributed by atoms with Gasteiger partial charge in [0.15, 0.2) is 0 Å². The topological polar surface area (TPSA) is 64.7 Å². The molecule has 0 aliphatic carbocycles. The van der Waals surface area contributed by atoms with E-state index in [0.717, 1.165) is 25.1 Å². The minimum Gasteiger partial charge on any atom is -0.354 e. The van der Waals surface area contributed by atoms with E-state index in [9.17, 15) is 4.79 Å². The molecule has 0 spiro atoms. The molecule has 0 bridgehead atoms. The summed E-state index contributed by atoms with van der Waals surface area (Å²) < 4.78 is 3.71. The molecule has 2 aromatic rings. The van der Waals surface area contributed by atoms with Gasteiger partial charge in [-0.05, 0) is 45.2 Å². The van der Waals surface area contributed by atoms with Crippen LogP contribution in [0.25, 0.3) is 0 Å². The summed E-state index contributed by atoms with van der Waals surface area (Å²) >= 11 is 0. The second-order valence-corrected chi connectivity index (χ2v) is 5.42. The van der Waals surface area contributed by atoms with E-state index in [1.807, 2.05) is 30.8 Å². The predicted molar refractivity (Wildman–Crippen MR) is 85.6 cm³/mol. The third-order valence-electron chi connectivity index (χ3n) is 4.04. The molecule has 2 heterocycles. The van der Waals surface area contributed by atoms with Crippen LogP contribution in [0.15, 0.2) is 18.5 Å². The summed E-state index contributed by atoms with van der Waals surface area (Å²) in [6.45, 7) is 9.67. The van der Waals surface area contributed by atoms with Crippen LogP contribution < -0.4 is 5.32 Å². The smallest absolute Gasteiger partial charge is 0.244 e. The lowest BCUT2D eigenvalue weighted by atomic mass is 10.1. The van der Waals surface area contributed by atoms with Gasteiger partial charge in [0.05, 0.1) is 5.69 Å². The van der Waals surface area contributed by atoms with Gasteiger partial charge in [-0.25, -0.2) is 0 Å². The lowest BCUT2D eigenvalue weighted by Gasteiger charge is -2.15. The summed E-state index contributed by atoms with van der Waals surface area (Å²) in [6, 6.07) is 1.59. The molecule has 0 aliphatic rings. The van der Waals surface area contributed by atoms with Crippen molar-refractivity contribution >= 4 is 5.91 Å². The maximum absolute atomic E-state index is 12.3. The normalized spacial score (nSPS) is 12.4. The minimum atomic E-state index is -0.240. The third-order valence-corrected chi connectivity index (χ3v) is 4.04. The van der Waals surface area contributed by atoms with Gasteiger partial charge in [0.2, 0.25) is 5.91 Å². The van der Waals surface area contributed by atoms with Gasteiger partial charge < -0.3 is 5.32 Å². The van der Waals surface area contributed by atoms with Crippen molar-refractivity contribution in [3.63, 3.8) is 0 Å². The van der Waals surface area contributed by atoms with Crippen LogP contribution in [0.5, 0.6) is 0 Å². The number of carbonyl (C=O) groups excluding carboxylic acids is 1. The van der Waals surface area contributed by atoms with Gasteiger partial charge in [0.25, 0.3) is 0 Å². The zero-order valence-corrected chi connectivity index (χ0v) is 13.8. The van der Waals surface area contributed by atoms with E-state index in [1.165, 1.54) is 11.3 Å². The highest BCUT2D eigenvalue weighted by Crippen LogP contribution is 2.14. The van der Waals surface area contributed by atoms with E-state index in [-0.39, 0.29) is 11.9 Å². The van der Waals surface area contributed by atoms with Crippen LogP contribution in [-0.4, -0.2) is 32.0 Å². The fourth-order valence-corrected chi connectivity index (χ4v) is 2.79. The second kappa shape index (κ2) is 7.24. The van der Waals surface area contributed by atoms with Crippen LogP contribution in [0.1, 0.15) is 43.3 Å². The molecule has 2 rings (SSSR count). The van der Waals surface area contributed by atoms with Crippen molar-refractivity contribution in [2.24, 2.45) is 0 Å². The number of nitrogens with zero attached hydrogens (tertiary/aromatic N) is 4. The molecule has 0 saturated heterocycles. The van der Waals surface area contributed by atoms with Gasteiger partial charge in [0.1, 0.15) is 6.04 Å². The standard InChI is InChI=1S/C16H25N5O/c1-5-15(21-11-7-9-18-21)16(22)17-10-8-14-12(3)19-20(6-2)13(14)4/h7,9,11,15H,5-6,8,10H2,1-4H3,(H,17,22). The number of nitrogens with one attached hydrogen (secondary N) is 1. The SMILES string of the molecule is CCC(C(=O)NCCc1c(C)nn(CC)c1C)n1cccn1. The van der Waals surface area contributed by atoms with Crippen molar-refractivity contribution in [2.45, 2.75) is 53.1 Å². The molecule has 2 aromatic heterocycles. The lowest BCUT2D eigenvalue weighted by Crippen LogP contribution is -2.34. The summed E-state index contributed by atoms with van der Waals surface area (Å²) in [5, 5.41) is 11.7. The summed E-state index contributed by atoms with van der Waals surface area (Å²) in [4.78, 5) is 12.3. The Hall–Kier alpha value is -2.11. The molecule has 120 valence electrons. The predicted octanol–water partition coefficient (Wildman–Crippen LogP) is 2.03. The average Bonchev–Trinajstić information content (AvgIpc) is 3.11. The largest absolute Gasteiger partial charge is 0.354 e. The highest BCUT2D eigenvalue weighted by Gasteiger charge is 2.18. The van der Waals surface area contributed by atoms with Crippen molar-refractivity contribution in [1.29, 1.82) is 0 Å². The van der Waals surface area contributed by atoms with Crippen LogP contribution in [0.2, 0.25) is 0 Å². The first-order valence-corrected chi connectivity index (χ1v) is 7.88. The third kappa shape index (κ3) is 3.37. The number of aromatic nitrogens is 4. The molecule has 0 aromatic carbocycles. The van der Waals surface area contributed by atoms with Crippen molar-refractivity contribution in [3.05, 3.63) is 35.4 Å². The zero-order chi connectivity index (χ0) is 16.1. The van der Waals surface area contributed by atoms with Crippen molar-refractivity contribution < 1.29 is 4.79 Å². The summed E-state index contributed by atoms with van der Waals surface area (Å²) in [5.74, 6) is 0.0180. The van der Waals surface area contributed by atoms with Crippen molar-refractivity contribution in [3.8, 4) is 0 Å². The molecule has 0 aliphatic heterocycles. The molecule has 6 heteroatoms. The van der Waals surface area contributed by atoms with E-state index in [1.54, 1.807) is 10.9 Å². The Morgan fingerprint density at radius 3 is 2.68 bits per heavy atom. The minimum absolute atomic E-state index is 0.0180. The van der Waals surface area contributed by atoms with Gasteiger partial charge in [-0.15, -0.1) is 0 Å². The Balaban J connectivity index is 1.93. The summed E-state index contributed by atoms with van der Waals surface area (Å²) in [5.41, 5.74) is 3.47. The average molecular weight is 303 g/mol. The molecule has 0 fully saturated rings. The Bertz CT molecular complexity index is 615. The number of hydrogen-bond donors (Lipinski definition) is 1.